The predicted octanol–water partition coefficient (Wildman–Crippen LogP) is 3.73. The maximum absolute atomic E-state index is 14.3. The summed E-state index contributed by atoms with van der Waals surface area (Å²) in [5.41, 5.74) is 0.614. The van der Waals surface area contributed by atoms with Gasteiger partial charge in [-0.15, -0.1) is 0 Å². The molecule has 0 bridgehead atoms. The van der Waals surface area contributed by atoms with Crippen LogP contribution in [-0.2, 0) is 10.0 Å². The molecule has 2 aromatic heterocycles. The summed E-state index contributed by atoms with van der Waals surface area (Å²) in [7, 11) is -4.12. The number of halogens is 3. The van der Waals surface area contributed by atoms with Crippen LogP contribution >= 0.6 is 15.9 Å². The van der Waals surface area contributed by atoms with E-state index in [4.69, 9.17) is 0 Å². The molecular formula is C16H14BrF2N3O2S. The Kier molecular flexibility index (Phi) is 4.65. The lowest BCUT2D eigenvalue weighted by atomic mass is 10.1. The van der Waals surface area contributed by atoms with Gasteiger partial charge in [-0.3, -0.25) is 4.40 Å². The van der Waals surface area contributed by atoms with Crippen LogP contribution in [0.1, 0.15) is 13.8 Å². The number of imidazole rings is 1. The van der Waals surface area contributed by atoms with Crippen molar-refractivity contribution in [3.63, 3.8) is 0 Å². The van der Waals surface area contributed by atoms with Crippen LogP contribution in [-0.4, -0.2) is 23.8 Å². The van der Waals surface area contributed by atoms with E-state index >= 15 is 0 Å². The maximum atomic E-state index is 14.3. The van der Waals surface area contributed by atoms with Crippen molar-refractivity contribution in [3.05, 3.63) is 52.8 Å². The van der Waals surface area contributed by atoms with Crippen molar-refractivity contribution < 1.29 is 17.2 Å². The zero-order valence-corrected chi connectivity index (χ0v) is 15.7. The van der Waals surface area contributed by atoms with E-state index < -0.39 is 32.6 Å². The number of aromatic nitrogens is 2. The largest absolute Gasteiger partial charge is 0.294 e. The van der Waals surface area contributed by atoms with E-state index in [-0.39, 0.29) is 11.3 Å². The van der Waals surface area contributed by atoms with Crippen LogP contribution in [0.4, 0.5) is 8.78 Å². The highest BCUT2D eigenvalue weighted by atomic mass is 79.9. The Morgan fingerprint density at radius 1 is 1.20 bits per heavy atom. The van der Waals surface area contributed by atoms with E-state index in [1.807, 2.05) is 0 Å². The minimum absolute atomic E-state index is 0.110. The second-order valence-electron chi connectivity index (χ2n) is 5.72. The van der Waals surface area contributed by atoms with Gasteiger partial charge in [0.15, 0.2) is 0 Å². The monoisotopic (exact) mass is 429 g/mol. The quantitative estimate of drug-likeness (QED) is 0.686. The number of hydrogen-bond donors (Lipinski definition) is 1. The number of benzene rings is 1. The molecule has 0 fully saturated rings. The van der Waals surface area contributed by atoms with Gasteiger partial charge in [0.05, 0.1) is 0 Å². The summed E-state index contributed by atoms with van der Waals surface area (Å²) in [4.78, 5) is 3.67. The first-order valence-corrected chi connectivity index (χ1v) is 9.62. The first-order valence-electron chi connectivity index (χ1n) is 7.35. The molecule has 0 aliphatic carbocycles. The van der Waals surface area contributed by atoms with Gasteiger partial charge in [-0.2, -0.15) is 0 Å². The van der Waals surface area contributed by atoms with Crippen molar-refractivity contribution in [1.29, 1.82) is 0 Å². The van der Waals surface area contributed by atoms with E-state index in [0.29, 0.717) is 16.3 Å². The van der Waals surface area contributed by atoms with E-state index in [0.717, 1.165) is 6.07 Å². The Hall–Kier alpha value is -1.84. The number of nitrogens with one attached hydrogen (secondary N) is 1. The summed E-state index contributed by atoms with van der Waals surface area (Å²) in [6, 6.07) is 6.34. The van der Waals surface area contributed by atoms with Crippen molar-refractivity contribution in [2.24, 2.45) is 0 Å². The van der Waals surface area contributed by atoms with Crippen molar-refractivity contribution in [2.45, 2.75) is 24.8 Å². The number of pyridine rings is 1. The highest BCUT2D eigenvalue weighted by Crippen LogP contribution is 2.33. The van der Waals surface area contributed by atoms with E-state index in [1.54, 1.807) is 42.6 Å². The van der Waals surface area contributed by atoms with Crippen LogP contribution < -0.4 is 4.72 Å². The highest BCUT2D eigenvalue weighted by Gasteiger charge is 2.25. The first kappa shape index (κ1) is 18.0. The molecule has 3 rings (SSSR count). The molecule has 0 unspecified atom stereocenters. The van der Waals surface area contributed by atoms with Gasteiger partial charge in [-0.05, 0) is 48.0 Å². The molecule has 5 nitrogen and oxygen atoms in total. The van der Waals surface area contributed by atoms with Gasteiger partial charge in [0.1, 0.15) is 32.5 Å². The Morgan fingerprint density at radius 3 is 2.56 bits per heavy atom. The van der Waals surface area contributed by atoms with Crippen LogP contribution in [0.15, 0.2) is 46.0 Å². The number of sulfonamides is 1. The van der Waals surface area contributed by atoms with Gasteiger partial charge in [0, 0.05) is 23.9 Å². The molecule has 3 aromatic rings. The molecule has 0 atom stereocenters. The number of fused-ring (bicyclic) bond motifs is 1. The molecule has 1 aromatic carbocycles. The summed E-state index contributed by atoms with van der Waals surface area (Å²) in [5, 5.41) is 0. The standard InChI is InChI=1S/C16H14BrF2N3O2S/c1-9(2)21-25(23,24)13-7-10(11(18)8-12(13)19)15-16(17)22-6-4-3-5-14(22)20-15/h3-9,21H,1-2H3. The van der Waals surface area contributed by atoms with Crippen LogP contribution in [0.25, 0.3) is 16.9 Å². The van der Waals surface area contributed by atoms with E-state index in [9.17, 15) is 17.2 Å². The third kappa shape index (κ3) is 3.31. The van der Waals surface area contributed by atoms with Gasteiger partial charge >= 0.3 is 0 Å². The third-order valence-electron chi connectivity index (χ3n) is 3.43. The molecular weight excluding hydrogens is 416 g/mol. The average molecular weight is 430 g/mol. The summed E-state index contributed by atoms with van der Waals surface area (Å²) in [6.07, 6.45) is 1.72. The van der Waals surface area contributed by atoms with Crippen molar-refractivity contribution >= 4 is 31.6 Å². The van der Waals surface area contributed by atoms with Crippen LogP contribution in [0, 0.1) is 11.6 Å². The molecule has 0 amide bonds. The fourth-order valence-electron chi connectivity index (χ4n) is 2.43. The van der Waals surface area contributed by atoms with E-state index in [1.165, 1.54) is 0 Å². The zero-order valence-electron chi connectivity index (χ0n) is 13.3. The smallest absolute Gasteiger partial charge is 0.243 e. The number of nitrogens with zero attached hydrogens (tertiary/aromatic N) is 2. The average Bonchev–Trinajstić information content (AvgIpc) is 2.83. The van der Waals surface area contributed by atoms with Crippen LogP contribution in [0.5, 0.6) is 0 Å². The first-order chi connectivity index (χ1) is 11.7. The topological polar surface area (TPSA) is 63.5 Å². The fourth-order valence-corrected chi connectivity index (χ4v) is 4.37. The molecule has 132 valence electrons. The third-order valence-corrected chi connectivity index (χ3v) is 5.86. The second-order valence-corrected chi connectivity index (χ2v) is 8.15. The maximum Gasteiger partial charge on any atom is 0.243 e. The number of rotatable bonds is 4. The minimum Gasteiger partial charge on any atom is -0.294 e. The lowest BCUT2D eigenvalue weighted by molar-refractivity contribution is 0.539. The van der Waals surface area contributed by atoms with Gasteiger partial charge in [-0.25, -0.2) is 26.9 Å². The Morgan fingerprint density at radius 2 is 1.92 bits per heavy atom. The lowest BCUT2D eigenvalue weighted by Gasteiger charge is -2.12. The molecule has 0 spiro atoms. The fraction of sp³-hybridized carbons (Fsp3) is 0.188. The zero-order chi connectivity index (χ0) is 18.4. The summed E-state index contributed by atoms with van der Waals surface area (Å²) >= 11 is 3.33. The molecule has 0 aliphatic heterocycles. The molecule has 0 radical (unpaired) electrons. The Bertz CT molecular complexity index is 1060. The van der Waals surface area contributed by atoms with Crippen molar-refractivity contribution in [3.8, 4) is 11.3 Å². The minimum atomic E-state index is -4.12. The summed E-state index contributed by atoms with van der Waals surface area (Å²) < 4.78 is 57.5. The Balaban J connectivity index is 2.23. The van der Waals surface area contributed by atoms with Crippen molar-refractivity contribution in [1.82, 2.24) is 14.1 Å². The van der Waals surface area contributed by atoms with Gasteiger partial charge in [0.2, 0.25) is 10.0 Å². The van der Waals surface area contributed by atoms with Gasteiger partial charge in [-0.1, -0.05) is 6.07 Å². The predicted molar refractivity (Wildman–Crippen MR) is 93.7 cm³/mol. The van der Waals surface area contributed by atoms with Gasteiger partial charge in [0.25, 0.3) is 0 Å². The molecule has 1 N–H and O–H groups in total. The molecule has 25 heavy (non-hydrogen) atoms. The van der Waals surface area contributed by atoms with Gasteiger partial charge < -0.3 is 0 Å². The molecule has 2 heterocycles. The molecule has 0 aliphatic rings. The SMILES string of the molecule is CC(C)NS(=O)(=O)c1cc(-c2nc3ccccn3c2Br)c(F)cc1F. The van der Waals surface area contributed by atoms with E-state index in [2.05, 4.69) is 25.6 Å². The summed E-state index contributed by atoms with van der Waals surface area (Å²) in [6.45, 7) is 3.22. The Labute approximate surface area is 151 Å². The van der Waals surface area contributed by atoms with Crippen LogP contribution in [0.2, 0.25) is 0 Å². The highest BCUT2D eigenvalue weighted by molar-refractivity contribution is 9.10. The molecule has 0 saturated heterocycles. The van der Waals surface area contributed by atoms with Crippen molar-refractivity contribution in [2.75, 3.05) is 0 Å². The molecule has 0 saturated carbocycles. The van der Waals surface area contributed by atoms with Crippen LogP contribution in [0.3, 0.4) is 0 Å². The normalized spacial score (nSPS) is 12.2. The number of hydrogen-bond acceptors (Lipinski definition) is 3. The lowest BCUT2D eigenvalue weighted by Crippen LogP contribution is -2.31. The molecule has 9 heteroatoms. The summed E-state index contributed by atoms with van der Waals surface area (Å²) in [5.74, 6) is -2.06. The second kappa shape index (κ2) is 6.47.